The van der Waals surface area contributed by atoms with Gasteiger partial charge in [-0.2, -0.15) is 18.6 Å². The lowest BCUT2D eigenvalue weighted by molar-refractivity contribution is 0.364. The van der Waals surface area contributed by atoms with Crippen molar-refractivity contribution < 1.29 is 8.78 Å². The van der Waals surface area contributed by atoms with Crippen molar-refractivity contribution in [2.24, 2.45) is 5.92 Å². The van der Waals surface area contributed by atoms with Gasteiger partial charge in [0.25, 0.3) is 0 Å². The van der Waals surface area contributed by atoms with Gasteiger partial charge in [-0.25, -0.2) is 4.39 Å². The summed E-state index contributed by atoms with van der Waals surface area (Å²) in [5.74, 6) is -0.833. The first-order valence-corrected chi connectivity index (χ1v) is 6.06. The molecule has 0 amide bonds. The monoisotopic (exact) mass is 235 g/mol. The van der Waals surface area contributed by atoms with Crippen LogP contribution < -0.4 is 0 Å². The maximum atomic E-state index is 13.8. The Morgan fingerprint density at radius 2 is 1.76 bits per heavy atom. The van der Waals surface area contributed by atoms with Crippen LogP contribution in [0.25, 0.3) is 0 Å². The fourth-order valence-corrected chi connectivity index (χ4v) is 2.59. The molecule has 92 valence electrons. The van der Waals surface area contributed by atoms with Crippen molar-refractivity contribution in [2.45, 2.75) is 31.6 Å². The minimum Gasteiger partial charge on any atom is -0.281 e. The van der Waals surface area contributed by atoms with Crippen LogP contribution in [0.2, 0.25) is 0 Å². The Balaban J connectivity index is 2.19. The third kappa shape index (κ3) is 2.36. The third-order valence-corrected chi connectivity index (χ3v) is 3.74. The highest BCUT2D eigenvalue weighted by Gasteiger charge is 2.22. The van der Waals surface area contributed by atoms with E-state index in [0.29, 0.717) is 11.5 Å². The molecular formula is C15H17F2-. The SMILES string of the molecule is C=CC1CCC(c2ccc([CH2-])c(F)c2F)CC1. The first kappa shape index (κ1) is 12.2. The lowest BCUT2D eigenvalue weighted by Gasteiger charge is -2.28. The fourth-order valence-electron chi connectivity index (χ4n) is 2.59. The molecule has 0 N–H and O–H groups in total. The van der Waals surface area contributed by atoms with Gasteiger partial charge in [0.1, 0.15) is 5.82 Å². The topological polar surface area (TPSA) is 0 Å². The summed E-state index contributed by atoms with van der Waals surface area (Å²) in [7, 11) is 0. The summed E-state index contributed by atoms with van der Waals surface area (Å²) in [4.78, 5) is 0. The van der Waals surface area contributed by atoms with E-state index in [1.165, 1.54) is 0 Å². The smallest absolute Gasteiger partial charge is 0.105 e. The number of rotatable bonds is 2. The molecule has 0 aromatic heterocycles. The quantitative estimate of drug-likeness (QED) is 0.519. The number of hydrogen-bond acceptors (Lipinski definition) is 0. The van der Waals surface area contributed by atoms with Crippen LogP contribution >= 0.6 is 0 Å². The van der Waals surface area contributed by atoms with Gasteiger partial charge in [0.2, 0.25) is 0 Å². The van der Waals surface area contributed by atoms with Crippen LogP contribution in [0.5, 0.6) is 0 Å². The van der Waals surface area contributed by atoms with Crippen LogP contribution in [0.15, 0.2) is 24.8 Å². The van der Waals surface area contributed by atoms with Crippen molar-refractivity contribution in [3.05, 3.63) is 54.5 Å². The molecule has 0 heterocycles. The molecule has 2 rings (SSSR count). The molecule has 0 bridgehead atoms. The molecule has 1 saturated carbocycles. The Hall–Kier alpha value is -1.31. The molecule has 1 fully saturated rings. The molecule has 0 radical (unpaired) electrons. The Bertz CT molecular complexity index is 415. The Kier molecular flexibility index (Phi) is 3.51. The van der Waals surface area contributed by atoms with E-state index in [1.54, 1.807) is 12.1 Å². The van der Waals surface area contributed by atoms with Crippen molar-refractivity contribution >= 4 is 0 Å². The Morgan fingerprint density at radius 1 is 1.12 bits per heavy atom. The van der Waals surface area contributed by atoms with E-state index in [0.717, 1.165) is 25.7 Å². The van der Waals surface area contributed by atoms with Gasteiger partial charge in [-0.15, -0.1) is 12.6 Å². The molecule has 0 nitrogen and oxygen atoms in total. The van der Waals surface area contributed by atoms with Gasteiger partial charge in [-0.05, 0) is 43.1 Å². The molecule has 17 heavy (non-hydrogen) atoms. The van der Waals surface area contributed by atoms with E-state index in [9.17, 15) is 8.78 Å². The van der Waals surface area contributed by atoms with E-state index in [1.807, 2.05) is 6.08 Å². The minimum atomic E-state index is -0.798. The van der Waals surface area contributed by atoms with Gasteiger partial charge in [0, 0.05) is 0 Å². The van der Waals surface area contributed by atoms with Gasteiger partial charge in [-0.3, -0.25) is 4.39 Å². The van der Waals surface area contributed by atoms with E-state index in [-0.39, 0.29) is 11.5 Å². The maximum Gasteiger partial charge on any atom is 0.105 e. The minimum absolute atomic E-state index is 0.131. The van der Waals surface area contributed by atoms with Crippen LogP contribution in [-0.2, 0) is 0 Å². The molecular weight excluding hydrogens is 218 g/mol. The lowest BCUT2D eigenvalue weighted by atomic mass is 9.78. The van der Waals surface area contributed by atoms with Gasteiger partial charge in [0.05, 0.1) is 5.82 Å². The van der Waals surface area contributed by atoms with Crippen LogP contribution in [0.3, 0.4) is 0 Å². The Labute approximate surface area is 101 Å². The molecule has 1 aromatic rings. The molecule has 0 saturated heterocycles. The number of hydrogen-bond donors (Lipinski definition) is 0. The lowest BCUT2D eigenvalue weighted by Crippen LogP contribution is -2.13. The van der Waals surface area contributed by atoms with Crippen molar-refractivity contribution in [3.8, 4) is 0 Å². The third-order valence-electron chi connectivity index (χ3n) is 3.74. The first-order chi connectivity index (χ1) is 8.13. The van der Waals surface area contributed by atoms with Gasteiger partial charge in [0.15, 0.2) is 0 Å². The highest BCUT2D eigenvalue weighted by molar-refractivity contribution is 5.30. The average Bonchev–Trinajstić information content (AvgIpc) is 2.36. The summed E-state index contributed by atoms with van der Waals surface area (Å²) in [6, 6.07) is 3.24. The number of benzene rings is 1. The van der Waals surface area contributed by atoms with E-state index >= 15 is 0 Å². The number of allylic oxidation sites excluding steroid dienone is 1. The second kappa shape index (κ2) is 4.91. The van der Waals surface area contributed by atoms with E-state index in [4.69, 9.17) is 0 Å². The molecule has 1 aliphatic rings. The van der Waals surface area contributed by atoms with Gasteiger partial charge in [-0.1, -0.05) is 6.08 Å². The second-order valence-electron chi connectivity index (χ2n) is 4.79. The van der Waals surface area contributed by atoms with Crippen LogP contribution in [-0.4, -0.2) is 0 Å². The summed E-state index contributed by atoms with van der Waals surface area (Å²) in [6.07, 6.45) is 5.81. The molecule has 0 spiro atoms. The van der Waals surface area contributed by atoms with Crippen molar-refractivity contribution in [3.63, 3.8) is 0 Å². The summed E-state index contributed by atoms with van der Waals surface area (Å²) < 4.78 is 27.2. The predicted octanol–water partition coefficient (Wildman–Crippen LogP) is 4.61. The summed E-state index contributed by atoms with van der Waals surface area (Å²) in [6.45, 7) is 7.25. The summed E-state index contributed by atoms with van der Waals surface area (Å²) in [5, 5.41) is 0. The predicted molar refractivity (Wildman–Crippen MR) is 65.7 cm³/mol. The average molecular weight is 235 g/mol. The summed E-state index contributed by atoms with van der Waals surface area (Å²) >= 11 is 0. The van der Waals surface area contributed by atoms with Crippen LogP contribution in [0.1, 0.15) is 42.7 Å². The highest BCUT2D eigenvalue weighted by Crippen LogP contribution is 2.37. The van der Waals surface area contributed by atoms with Gasteiger partial charge < -0.3 is 0 Å². The molecule has 0 atom stereocenters. The molecule has 1 aromatic carbocycles. The normalized spacial score (nSPS) is 24.6. The van der Waals surface area contributed by atoms with Crippen molar-refractivity contribution in [1.29, 1.82) is 0 Å². The molecule has 0 unspecified atom stereocenters. The molecule has 1 aliphatic carbocycles. The van der Waals surface area contributed by atoms with Crippen LogP contribution in [0.4, 0.5) is 8.78 Å². The first-order valence-electron chi connectivity index (χ1n) is 6.06. The molecule has 0 aliphatic heterocycles. The zero-order valence-electron chi connectivity index (χ0n) is 9.89. The van der Waals surface area contributed by atoms with Crippen LogP contribution in [0, 0.1) is 24.5 Å². The summed E-state index contributed by atoms with van der Waals surface area (Å²) in [5.41, 5.74) is 0.642. The maximum absolute atomic E-state index is 13.8. The van der Waals surface area contributed by atoms with Crippen molar-refractivity contribution in [1.82, 2.24) is 0 Å². The zero-order chi connectivity index (χ0) is 12.4. The molecule has 2 heteroatoms. The fraction of sp³-hybridized carbons (Fsp3) is 0.400. The van der Waals surface area contributed by atoms with E-state index in [2.05, 4.69) is 13.5 Å². The standard InChI is InChI=1S/C15H17F2/c1-3-11-5-7-12(8-6-11)13-9-4-10(2)14(16)15(13)17/h3-4,9,11-12H,1-2,5-8H2/q-1. The van der Waals surface area contributed by atoms with E-state index < -0.39 is 11.6 Å². The number of halogens is 2. The second-order valence-corrected chi connectivity index (χ2v) is 4.79. The van der Waals surface area contributed by atoms with Gasteiger partial charge >= 0.3 is 0 Å². The largest absolute Gasteiger partial charge is 0.281 e. The van der Waals surface area contributed by atoms with Crippen molar-refractivity contribution in [2.75, 3.05) is 0 Å². The highest BCUT2D eigenvalue weighted by atomic mass is 19.2. The Morgan fingerprint density at radius 3 is 2.35 bits per heavy atom. The zero-order valence-corrected chi connectivity index (χ0v) is 9.89.